The number of aryl methyl sites for hydroxylation is 1. The second-order valence-electron chi connectivity index (χ2n) is 12.6. The summed E-state index contributed by atoms with van der Waals surface area (Å²) in [5, 5.41) is 6.40. The lowest BCUT2D eigenvalue weighted by molar-refractivity contribution is 0.0237. The quantitative estimate of drug-likeness (QED) is 0.161. The highest BCUT2D eigenvalue weighted by Gasteiger charge is 2.30. The number of benzene rings is 3. The van der Waals surface area contributed by atoms with Gasteiger partial charge in [0.15, 0.2) is 0 Å². The van der Waals surface area contributed by atoms with Crippen LogP contribution in [0.3, 0.4) is 0 Å². The van der Waals surface area contributed by atoms with Crippen molar-refractivity contribution in [2.45, 2.75) is 70.0 Å². The SMILES string of the molecule is CCCN(CCC)C(=O)c1cc(C(=O)OC(CNCc2cccc(CC)c2)C(N)Cc2cc(F)cc(F)c2)cc(S(=O)(=O)N2CCNCC2)c1.Cl.Cl. The lowest BCUT2D eigenvalue weighted by atomic mass is 10.0. The lowest BCUT2D eigenvalue weighted by Gasteiger charge is -2.28. The second kappa shape index (κ2) is 21.5. The van der Waals surface area contributed by atoms with Gasteiger partial charge in [-0.05, 0) is 72.7 Å². The van der Waals surface area contributed by atoms with Gasteiger partial charge < -0.3 is 26.0 Å². The van der Waals surface area contributed by atoms with Crippen LogP contribution >= 0.6 is 24.8 Å². The average molecular weight is 787 g/mol. The van der Waals surface area contributed by atoms with Crippen LogP contribution in [0.15, 0.2) is 65.6 Å². The molecule has 288 valence electrons. The first-order chi connectivity index (χ1) is 23.9. The summed E-state index contributed by atoms with van der Waals surface area (Å²) in [6.45, 7) is 8.82. The summed E-state index contributed by atoms with van der Waals surface area (Å²) in [7, 11) is -4.06. The molecule has 4 N–H and O–H groups in total. The average Bonchev–Trinajstić information content (AvgIpc) is 3.10. The van der Waals surface area contributed by atoms with Gasteiger partial charge in [-0.3, -0.25) is 4.79 Å². The number of nitrogens with one attached hydrogen (secondary N) is 2. The fourth-order valence-electron chi connectivity index (χ4n) is 6.00. The van der Waals surface area contributed by atoms with E-state index >= 15 is 0 Å². The summed E-state index contributed by atoms with van der Waals surface area (Å²) in [5.74, 6) is -2.78. The van der Waals surface area contributed by atoms with E-state index in [1.165, 1.54) is 34.6 Å². The van der Waals surface area contributed by atoms with Gasteiger partial charge in [0, 0.05) is 70.0 Å². The number of nitrogens with two attached hydrogens (primary N) is 1. The van der Waals surface area contributed by atoms with Gasteiger partial charge in [0.05, 0.1) is 10.5 Å². The van der Waals surface area contributed by atoms with Crippen LogP contribution in [0.5, 0.6) is 0 Å². The highest BCUT2D eigenvalue weighted by atomic mass is 35.5. The molecule has 0 aromatic heterocycles. The van der Waals surface area contributed by atoms with Gasteiger partial charge >= 0.3 is 5.97 Å². The molecule has 1 amide bonds. The van der Waals surface area contributed by atoms with E-state index in [-0.39, 0.29) is 72.5 Å². The van der Waals surface area contributed by atoms with Crippen molar-refractivity contribution in [2.24, 2.45) is 5.73 Å². The third-order valence-electron chi connectivity index (χ3n) is 8.58. The molecular formula is C37H51Cl2F2N5O5S. The minimum absolute atomic E-state index is 0. The first-order valence-corrected chi connectivity index (χ1v) is 18.7. The summed E-state index contributed by atoms with van der Waals surface area (Å²) < 4.78 is 62.9. The molecule has 15 heteroatoms. The fraction of sp³-hybridized carbons (Fsp3) is 0.459. The van der Waals surface area contributed by atoms with Crippen molar-refractivity contribution in [3.05, 3.63) is 100 Å². The number of halogens is 4. The molecule has 2 unspecified atom stereocenters. The third-order valence-corrected chi connectivity index (χ3v) is 10.5. The Bertz CT molecular complexity index is 1700. The van der Waals surface area contributed by atoms with E-state index in [4.69, 9.17) is 10.5 Å². The normalized spacial score (nSPS) is 14.4. The van der Waals surface area contributed by atoms with Crippen molar-refractivity contribution < 1.29 is 31.5 Å². The number of hydrogen-bond donors (Lipinski definition) is 3. The summed E-state index contributed by atoms with van der Waals surface area (Å²) in [5.41, 5.74) is 8.94. The van der Waals surface area contributed by atoms with Crippen molar-refractivity contribution in [2.75, 3.05) is 45.8 Å². The van der Waals surface area contributed by atoms with Crippen LogP contribution in [0, 0.1) is 11.6 Å². The van der Waals surface area contributed by atoms with E-state index in [0.29, 0.717) is 45.6 Å². The molecule has 0 radical (unpaired) electrons. The molecule has 10 nitrogen and oxygen atoms in total. The zero-order valence-corrected chi connectivity index (χ0v) is 32.4. The van der Waals surface area contributed by atoms with Crippen molar-refractivity contribution in [3.8, 4) is 0 Å². The second-order valence-corrected chi connectivity index (χ2v) is 14.5. The van der Waals surface area contributed by atoms with E-state index in [1.807, 2.05) is 32.0 Å². The fourth-order valence-corrected chi connectivity index (χ4v) is 7.51. The number of esters is 1. The number of nitrogens with zero attached hydrogens (tertiary/aromatic N) is 2. The first kappa shape index (κ1) is 45.0. The molecule has 4 rings (SSSR count). The maximum atomic E-state index is 14.0. The zero-order chi connectivity index (χ0) is 36.3. The Morgan fingerprint density at radius 1 is 0.904 bits per heavy atom. The van der Waals surface area contributed by atoms with Crippen LogP contribution < -0.4 is 16.4 Å². The molecule has 1 saturated heterocycles. The molecule has 1 heterocycles. The van der Waals surface area contributed by atoms with Crippen molar-refractivity contribution in [1.82, 2.24) is 19.8 Å². The van der Waals surface area contributed by atoms with Crippen LogP contribution in [0.2, 0.25) is 0 Å². The summed E-state index contributed by atoms with van der Waals surface area (Å²) in [4.78, 5) is 29.1. The van der Waals surface area contributed by atoms with E-state index in [1.54, 1.807) is 4.90 Å². The largest absolute Gasteiger partial charge is 0.456 e. The van der Waals surface area contributed by atoms with Gasteiger partial charge in [-0.15, -0.1) is 24.8 Å². The smallest absolute Gasteiger partial charge is 0.338 e. The van der Waals surface area contributed by atoms with Gasteiger partial charge in [0.2, 0.25) is 10.0 Å². The standard InChI is InChI=1S/C37H49F2N5O5S.2ClH/c1-4-12-43(13-5-2)36(45)29-20-30(22-33(21-29)50(47,48)44-14-10-41-11-15-44)37(46)49-35(25-42-24-27-9-7-8-26(6-3)16-27)34(40)19-28-17-31(38)23-32(39)18-28;;/h7-9,16-18,20-23,34-35,41-42H,4-6,10-15,19,24-25,40H2,1-3H3;2*1H. The maximum absolute atomic E-state index is 14.0. The Kier molecular flexibility index (Phi) is 18.6. The highest BCUT2D eigenvalue weighted by Crippen LogP contribution is 2.23. The van der Waals surface area contributed by atoms with E-state index in [9.17, 15) is 26.8 Å². The van der Waals surface area contributed by atoms with Crippen LogP contribution in [-0.2, 0) is 34.1 Å². The topological polar surface area (TPSA) is 134 Å². The molecule has 0 saturated carbocycles. The Labute approximate surface area is 318 Å². The number of ether oxygens (including phenoxy) is 1. The predicted octanol–water partition coefficient (Wildman–Crippen LogP) is 5.11. The number of hydrogen-bond acceptors (Lipinski definition) is 8. The lowest BCUT2D eigenvalue weighted by Crippen LogP contribution is -2.46. The number of sulfonamides is 1. The Balaban J connectivity index is 0.00000468. The molecule has 0 bridgehead atoms. The van der Waals surface area contributed by atoms with Crippen LogP contribution in [0.1, 0.15) is 71.0 Å². The molecule has 1 aliphatic rings. The zero-order valence-electron chi connectivity index (χ0n) is 29.9. The molecule has 3 aromatic carbocycles. The Hall–Kier alpha value is -3.17. The van der Waals surface area contributed by atoms with E-state index in [0.717, 1.165) is 23.6 Å². The predicted molar refractivity (Wildman–Crippen MR) is 204 cm³/mol. The van der Waals surface area contributed by atoms with Crippen molar-refractivity contribution in [1.29, 1.82) is 0 Å². The van der Waals surface area contributed by atoms with Gasteiger partial charge in [-0.1, -0.05) is 45.0 Å². The van der Waals surface area contributed by atoms with Gasteiger partial charge in [0.1, 0.15) is 17.7 Å². The highest BCUT2D eigenvalue weighted by molar-refractivity contribution is 7.89. The van der Waals surface area contributed by atoms with Crippen LogP contribution in [0.25, 0.3) is 0 Å². The van der Waals surface area contributed by atoms with Crippen molar-refractivity contribution in [3.63, 3.8) is 0 Å². The molecule has 52 heavy (non-hydrogen) atoms. The van der Waals surface area contributed by atoms with Crippen LogP contribution in [0.4, 0.5) is 8.78 Å². The maximum Gasteiger partial charge on any atom is 0.338 e. The summed E-state index contributed by atoms with van der Waals surface area (Å²) in [6, 6.07) is 14.1. The minimum Gasteiger partial charge on any atom is -0.456 e. The molecule has 0 spiro atoms. The van der Waals surface area contributed by atoms with Gasteiger partial charge in [0.25, 0.3) is 5.91 Å². The van der Waals surface area contributed by atoms with Crippen LogP contribution in [-0.4, -0.2) is 87.5 Å². The molecule has 1 fully saturated rings. The summed E-state index contributed by atoms with van der Waals surface area (Å²) in [6.07, 6.45) is 1.26. The van der Waals surface area contributed by atoms with Gasteiger partial charge in [-0.2, -0.15) is 4.31 Å². The summed E-state index contributed by atoms with van der Waals surface area (Å²) >= 11 is 0. The minimum atomic E-state index is -4.06. The Morgan fingerprint density at radius 3 is 2.13 bits per heavy atom. The van der Waals surface area contributed by atoms with E-state index in [2.05, 4.69) is 23.6 Å². The van der Waals surface area contributed by atoms with E-state index < -0.39 is 45.7 Å². The number of carbonyl (C=O) groups excluding carboxylic acids is 2. The molecule has 0 aliphatic carbocycles. The number of carbonyl (C=O) groups is 2. The first-order valence-electron chi connectivity index (χ1n) is 17.3. The molecule has 1 aliphatic heterocycles. The number of amides is 1. The van der Waals surface area contributed by atoms with Gasteiger partial charge in [-0.25, -0.2) is 22.0 Å². The molecule has 2 atom stereocenters. The monoisotopic (exact) mass is 785 g/mol. The number of rotatable bonds is 17. The molecular weight excluding hydrogens is 735 g/mol. The molecule has 3 aromatic rings. The number of piperazine rings is 1. The third kappa shape index (κ3) is 12.5. The van der Waals surface area contributed by atoms with Crippen molar-refractivity contribution >= 4 is 46.7 Å². The Morgan fingerprint density at radius 2 is 1.52 bits per heavy atom.